The Labute approximate surface area is 254 Å². The molecule has 0 spiro atoms. The number of methoxy groups -OCH3 is 1. The number of Topliss-reactive ketones (excluding diaryl/α,β-unsaturated/α-hetero) is 1. The quantitative estimate of drug-likeness (QED) is 0.103. The molecule has 8 heteroatoms. The van der Waals surface area contributed by atoms with Gasteiger partial charge in [0.15, 0.2) is 0 Å². The number of carbonyl (C=O) groups excluding carboxylic acids is 1. The third-order valence-corrected chi connectivity index (χ3v) is 7.27. The van der Waals surface area contributed by atoms with Crippen LogP contribution in [0.15, 0.2) is 130 Å². The number of benzene rings is 5. The van der Waals surface area contributed by atoms with Gasteiger partial charge in [-0.25, -0.2) is 9.98 Å². The molecular formula is C36H28N4O4. The zero-order valence-electron chi connectivity index (χ0n) is 24.0. The highest BCUT2D eigenvalue weighted by Gasteiger charge is 2.29. The summed E-state index contributed by atoms with van der Waals surface area (Å²) < 4.78 is 5.59. The molecule has 0 bridgehead atoms. The molecule has 0 unspecified atom stereocenters. The minimum atomic E-state index is -0.484. The van der Waals surface area contributed by atoms with Crippen LogP contribution in [0.2, 0.25) is 0 Å². The van der Waals surface area contributed by atoms with E-state index in [-0.39, 0.29) is 17.2 Å². The first-order chi connectivity index (χ1) is 21.4. The number of carbonyl (C=O) groups is 1. The van der Waals surface area contributed by atoms with Crippen LogP contribution in [0.5, 0.6) is 5.75 Å². The molecule has 0 atom stereocenters. The molecule has 0 heterocycles. The number of ketones is 1. The molecule has 0 amide bonds. The van der Waals surface area contributed by atoms with Crippen molar-refractivity contribution in [3.8, 4) is 5.75 Å². The second-order valence-electron chi connectivity index (χ2n) is 10.1. The van der Waals surface area contributed by atoms with Gasteiger partial charge >= 0.3 is 0 Å². The van der Waals surface area contributed by atoms with E-state index in [1.165, 1.54) is 7.11 Å². The summed E-state index contributed by atoms with van der Waals surface area (Å²) in [6.07, 6.45) is 1.62. The standard InChI is InChI=1S/C36H28N4O4/c1-22-19-31(32(44-2)21-30(22)38-35(42)24-12-4-3-5-13-24)39-40-33-27-17-9-7-14-25(27)20-28(34(33)41)36(43)37-29-18-10-15-23-11-6-8-16-26(23)29/h3-21,39H,1-2H3,(H,37,43)(H,38,42)/b40-33-. The van der Waals surface area contributed by atoms with Crippen LogP contribution in [0.4, 0.5) is 17.1 Å². The first-order valence-electron chi connectivity index (χ1n) is 13.9. The van der Waals surface area contributed by atoms with Crippen LogP contribution in [0.1, 0.15) is 22.3 Å². The lowest BCUT2D eigenvalue weighted by Gasteiger charge is -2.18. The molecule has 1 aliphatic carbocycles. The molecule has 0 radical (unpaired) electrons. The van der Waals surface area contributed by atoms with Crippen molar-refractivity contribution in [2.45, 2.75) is 6.92 Å². The van der Waals surface area contributed by atoms with Crippen molar-refractivity contribution >= 4 is 57.2 Å². The highest BCUT2D eigenvalue weighted by atomic mass is 16.5. The Morgan fingerprint density at radius 2 is 1.48 bits per heavy atom. The first kappa shape index (κ1) is 28.1. The smallest absolute Gasteiger partial charge is 0.222 e. The number of hydrogen-bond donors (Lipinski definition) is 3. The van der Waals surface area contributed by atoms with Gasteiger partial charge in [0, 0.05) is 22.6 Å². The van der Waals surface area contributed by atoms with Crippen molar-refractivity contribution < 1.29 is 19.7 Å². The van der Waals surface area contributed by atoms with E-state index in [9.17, 15) is 15.0 Å². The minimum absolute atomic E-state index is 0.0291. The lowest BCUT2D eigenvalue weighted by atomic mass is 9.89. The Balaban J connectivity index is 1.35. The maximum absolute atomic E-state index is 13.8. The third-order valence-electron chi connectivity index (χ3n) is 7.27. The molecule has 3 N–H and O–H groups in total. The SMILES string of the molecule is COc1cc(N=C(O)c2ccccc2)c(C)cc1N/N=C1\C(=O)C(C(O)=Nc2cccc3ccccc23)=Cc2ccccc21. The highest BCUT2D eigenvalue weighted by Crippen LogP contribution is 2.34. The van der Waals surface area contributed by atoms with Gasteiger partial charge < -0.3 is 14.9 Å². The van der Waals surface area contributed by atoms with E-state index < -0.39 is 11.7 Å². The van der Waals surface area contributed by atoms with Crippen LogP contribution in [0.25, 0.3) is 16.8 Å². The fraction of sp³-hybridized carbons (Fsp3) is 0.0556. The number of fused-ring (bicyclic) bond motifs is 2. The maximum atomic E-state index is 13.8. The Bertz CT molecular complexity index is 2020. The van der Waals surface area contributed by atoms with E-state index in [0.29, 0.717) is 39.5 Å². The summed E-state index contributed by atoms with van der Waals surface area (Å²) in [7, 11) is 1.51. The highest BCUT2D eigenvalue weighted by molar-refractivity contribution is 6.58. The molecule has 5 aromatic carbocycles. The van der Waals surface area contributed by atoms with E-state index in [2.05, 4.69) is 20.5 Å². The molecule has 6 rings (SSSR count). The number of aryl methyl sites for hydroxylation is 1. The zero-order chi connectivity index (χ0) is 30.6. The lowest BCUT2D eigenvalue weighted by molar-refractivity contribution is -0.109. The van der Waals surface area contributed by atoms with Gasteiger partial charge in [0.05, 0.1) is 29.7 Å². The van der Waals surface area contributed by atoms with Crippen LogP contribution in [-0.4, -0.2) is 40.6 Å². The summed E-state index contributed by atoms with van der Waals surface area (Å²) >= 11 is 0. The minimum Gasteiger partial charge on any atom is -0.494 e. The average molecular weight is 581 g/mol. The number of nitrogens with zero attached hydrogens (tertiary/aromatic N) is 3. The van der Waals surface area contributed by atoms with E-state index >= 15 is 0 Å². The molecule has 1 aliphatic rings. The number of rotatable bonds is 7. The number of anilines is 1. The van der Waals surface area contributed by atoms with Crippen LogP contribution < -0.4 is 10.2 Å². The number of aliphatic imine (C=N–C) groups is 2. The second kappa shape index (κ2) is 12.1. The number of aliphatic hydroxyl groups is 2. The molecule has 0 aliphatic heterocycles. The van der Waals surface area contributed by atoms with Gasteiger partial charge in [0.2, 0.25) is 17.6 Å². The molecule has 0 aromatic heterocycles. The normalized spacial score (nSPS) is 14.4. The predicted molar refractivity (Wildman–Crippen MR) is 176 cm³/mol. The predicted octanol–water partition coefficient (Wildman–Crippen LogP) is 7.86. The fourth-order valence-corrected chi connectivity index (χ4v) is 5.00. The number of hydrazone groups is 1. The van der Waals surface area contributed by atoms with Gasteiger partial charge in [-0.2, -0.15) is 5.10 Å². The molecule has 0 saturated carbocycles. The Hall–Kier alpha value is -6.02. The van der Waals surface area contributed by atoms with Crippen LogP contribution in [-0.2, 0) is 4.79 Å². The third kappa shape index (κ3) is 5.56. The van der Waals surface area contributed by atoms with Gasteiger partial charge in [-0.15, -0.1) is 0 Å². The van der Waals surface area contributed by atoms with Crippen molar-refractivity contribution in [1.82, 2.24) is 0 Å². The van der Waals surface area contributed by atoms with Crippen molar-refractivity contribution in [2.75, 3.05) is 12.5 Å². The summed E-state index contributed by atoms with van der Waals surface area (Å²) in [5.41, 5.74) is 7.32. The number of ether oxygens (including phenoxy) is 1. The van der Waals surface area contributed by atoms with E-state index in [0.717, 1.165) is 16.3 Å². The van der Waals surface area contributed by atoms with E-state index in [1.807, 2.05) is 79.7 Å². The van der Waals surface area contributed by atoms with Gasteiger partial charge in [0.1, 0.15) is 11.5 Å². The van der Waals surface area contributed by atoms with Crippen molar-refractivity contribution in [2.24, 2.45) is 15.1 Å². The van der Waals surface area contributed by atoms with Gasteiger partial charge in [0.25, 0.3) is 0 Å². The monoisotopic (exact) mass is 580 g/mol. The topological polar surface area (TPSA) is 116 Å². The summed E-state index contributed by atoms with van der Waals surface area (Å²) in [4.78, 5) is 22.6. The van der Waals surface area contributed by atoms with Crippen LogP contribution >= 0.6 is 0 Å². The molecular weight excluding hydrogens is 552 g/mol. The van der Waals surface area contributed by atoms with E-state index in [4.69, 9.17) is 4.74 Å². The van der Waals surface area contributed by atoms with Crippen molar-refractivity contribution in [1.29, 1.82) is 0 Å². The van der Waals surface area contributed by atoms with Gasteiger partial charge in [-0.3, -0.25) is 10.2 Å². The zero-order valence-corrected chi connectivity index (χ0v) is 24.0. The molecule has 0 fully saturated rings. The molecule has 5 aromatic rings. The largest absolute Gasteiger partial charge is 0.494 e. The van der Waals surface area contributed by atoms with E-state index in [1.54, 1.807) is 42.5 Å². The average Bonchev–Trinajstić information content (AvgIpc) is 3.05. The molecule has 216 valence electrons. The maximum Gasteiger partial charge on any atom is 0.222 e. The number of aliphatic hydroxyl groups excluding tert-OH is 2. The first-order valence-corrected chi connectivity index (χ1v) is 13.9. The van der Waals surface area contributed by atoms with Crippen LogP contribution in [0, 0.1) is 6.92 Å². The summed E-state index contributed by atoms with van der Waals surface area (Å²) in [6.45, 7) is 1.85. The Kier molecular flexibility index (Phi) is 7.71. The number of nitrogens with one attached hydrogen (secondary N) is 1. The Morgan fingerprint density at radius 3 is 2.30 bits per heavy atom. The second-order valence-corrected chi connectivity index (χ2v) is 10.1. The summed E-state index contributed by atoms with van der Waals surface area (Å²) in [5, 5.41) is 28.0. The molecule has 44 heavy (non-hydrogen) atoms. The Morgan fingerprint density at radius 1 is 0.773 bits per heavy atom. The van der Waals surface area contributed by atoms with Crippen molar-refractivity contribution in [3.05, 3.63) is 137 Å². The van der Waals surface area contributed by atoms with Gasteiger partial charge in [-0.1, -0.05) is 78.9 Å². The number of hydrogen-bond acceptors (Lipinski definition) is 6. The molecule has 0 saturated heterocycles. The lowest BCUT2D eigenvalue weighted by Crippen LogP contribution is -2.27. The van der Waals surface area contributed by atoms with Gasteiger partial charge in [-0.05, 0) is 53.8 Å². The fourth-order valence-electron chi connectivity index (χ4n) is 5.00. The van der Waals surface area contributed by atoms with Crippen molar-refractivity contribution in [3.63, 3.8) is 0 Å². The summed E-state index contributed by atoms with van der Waals surface area (Å²) in [5.74, 6) is -0.595. The van der Waals surface area contributed by atoms with Crippen LogP contribution in [0.3, 0.4) is 0 Å². The molecule has 8 nitrogen and oxygen atoms in total. The summed E-state index contributed by atoms with van der Waals surface area (Å²) in [6, 6.07) is 33.1.